The van der Waals surface area contributed by atoms with Crippen molar-refractivity contribution in [3.8, 4) is 77.9 Å². The van der Waals surface area contributed by atoms with Gasteiger partial charge in [0.25, 0.3) is 0 Å². The molecule has 0 amide bonds. The highest BCUT2D eigenvalue weighted by molar-refractivity contribution is 5.98. The molecule has 0 heteroatoms. The standard InChI is InChI=1S/C64H48/c1-43-36-44(2)62(45(3)37-43)59-32-17-33-60-63(59)58-35-34-55(48-22-11-6-12-23-48)42-61(58)64(60,56-30-15-28-53(40-56)51-26-13-24-49(38-51)46-18-7-4-8-19-46)57-31-16-29-54(41-57)52-27-14-25-50(39-52)47-20-9-5-10-21-47/h4-42H,1-3H3. The van der Waals surface area contributed by atoms with Gasteiger partial charge in [-0.2, -0.15) is 0 Å². The molecule has 1 aliphatic carbocycles. The molecule has 0 saturated heterocycles. The van der Waals surface area contributed by atoms with E-state index in [0.29, 0.717) is 0 Å². The van der Waals surface area contributed by atoms with Crippen LogP contribution in [0.2, 0.25) is 0 Å². The van der Waals surface area contributed by atoms with Gasteiger partial charge in [-0.05, 0) is 162 Å². The molecule has 64 heavy (non-hydrogen) atoms. The first-order chi connectivity index (χ1) is 31.5. The molecule has 0 atom stereocenters. The van der Waals surface area contributed by atoms with Crippen molar-refractivity contribution in [3.63, 3.8) is 0 Å². The van der Waals surface area contributed by atoms with Crippen molar-refractivity contribution < 1.29 is 0 Å². The van der Waals surface area contributed by atoms with Crippen LogP contribution in [-0.4, -0.2) is 0 Å². The Morgan fingerprint density at radius 1 is 0.250 bits per heavy atom. The fraction of sp³-hybridized carbons (Fsp3) is 0.0625. The Kier molecular flexibility index (Phi) is 9.86. The highest BCUT2D eigenvalue weighted by Crippen LogP contribution is 2.60. The summed E-state index contributed by atoms with van der Waals surface area (Å²) in [5, 5.41) is 0. The van der Waals surface area contributed by atoms with Gasteiger partial charge in [0.15, 0.2) is 0 Å². The molecular formula is C64H48. The van der Waals surface area contributed by atoms with Gasteiger partial charge in [-0.15, -0.1) is 0 Å². The molecule has 0 saturated carbocycles. The minimum atomic E-state index is -0.669. The van der Waals surface area contributed by atoms with Crippen molar-refractivity contribution in [2.75, 3.05) is 0 Å². The molecule has 0 spiro atoms. The van der Waals surface area contributed by atoms with E-state index >= 15 is 0 Å². The first-order valence-corrected chi connectivity index (χ1v) is 22.4. The monoisotopic (exact) mass is 816 g/mol. The van der Waals surface area contributed by atoms with Crippen LogP contribution in [0.1, 0.15) is 38.9 Å². The Morgan fingerprint density at radius 2 is 0.641 bits per heavy atom. The molecule has 304 valence electrons. The number of rotatable bonds is 8. The van der Waals surface area contributed by atoms with Gasteiger partial charge in [0.05, 0.1) is 5.41 Å². The van der Waals surface area contributed by atoms with Crippen molar-refractivity contribution in [2.45, 2.75) is 26.2 Å². The molecule has 0 bridgehead atoms. The van der Waals surface area contributed by atoms with E-state index in [2.05, 4.69) is 257 Å². The van der Waals surface area contributed by atoms with Crippen LogP contribution in [-0.2, 0) is 5.41 Å². The molecule has 0 aliphatic heterocycles. The molecule has 0 N–H and O–H groups in total. The number of fused-ring (bicyclic) bond motifs is 3. The third-order valence-electron chi connectivity index (χ3n) is 13.4. The average Bonchev–Trinajstić information content (AvgIpc) is 3.66. The second-order valence-electron chi connectivity index (χ2n) is 17.4. The van der Waals surface area contributed by atoms with Gasteiger partial charge >= 0.3 is 0 Å². The van der Waals surface area contributed by atoms with Crippen LogP contribution in [0.5, 0.6) is 0 Å². The molecular weight excluding hydrogens is 769 g/mol. The molecule has 0 radical (unpaired) electrons. The van der Waals surface area contributed by atoms with Gasteiger partial charge in [-0.3, -0.25) is 0 Å². The van der Waals surface area contributed by atoms with Gasteiger partial charge in [-0.1, -0.05) is 212 Å². The van der Waals surface area contributed by atoms with Crippen LogP contribution in [0.25, 0.3) is 77.9 Å². The molecule has 0 nitrogen and oxygen atoms in total. The van der Waals surface area contributed by atoms with E-state index in [-0.39, 0.29) is 0 Å². The Balaban J connectivity index is 1.21. The summed E-state index contributed by atoms with van der Waals surface area (Å²) in [6.45, 7) is 6.75. The van der Waals surface area contributed by atoms with Crippen molar-refractivity contribution in [1.29, 1.82) is 0 Å². The Labute approximate surface area is 377 Å². The second kappa shape index (κ2) is 16.2. The summed E-state index contributed by atoms with van der Waals surface area (Å²) in [5.41, 5.74) is 25.5. The van der Waals surface area contributed by atoms with Crippen LogP contribution in [0.4, 0.5) is 0 Å². The predicted octanol–water partition coefficient (Wildman–Crippen LogP) is 17.0. The minimum Gasteiger partial charge on any atom is -0.0622 e. The fourth-order valence-corrected chi connectivity index (χ4v) is 10.7. The van der Waals surface area contributed by atoms with E-state index in [9.17, 15) is 0 Å². The number of hydrogen-bond acceptors (Lipinski definition) is 0. The summed E-state index contributed by atoms with van der Waals surface area (Å²) in [6, 6.07) is 88.0. The average molecular weight is 817 g/mol. The van der Waals surface area contributed by atoms with E-state index in [1.807, 2.05) is 0 Å². The Morgan fingerprint density at radius 3 is 1.12 bits per heavy atom. The predicted molar refractivity (Wildman–Crippen MR) is 271 cm³/mol. The Bertz CT molecular complexity index is 3190. The lowest BCUT2D eigenvalue weighted by Crippen LogP contribution is -2.29. The first kappa shape index (κ1) is 39.1. The Hall–Kier alpha value is -7.80. The quantitative estimate of drug-likeness (QED) is 0.143. The third-order valence-corrected chi connectivity index (χ3v) is 13.4. The first-order valence-electron chi connectivity index (χ1n) is 22.4. The summed E-state index contributed by atoms with van der Waals surface area (Å²) in [7, 11) is 0. The third kappa shape index (κ3) is 6.71. The number of hydrogen-bond donors (Lipinski definition) is 0. The maximum Gasteiger partial charge on any atom is 0.0714 e. The maximum absolute atomic E-state index is 2.49. The normalized spacial score (nSPS) is 12.4. The molecule has 11 rings (SSSR count). The van der Waals surface area contributed by atoms with Crippen molar-refractivity contribution in [1.82, 2.24) is 0 Å². The van der Waals surface area contributed by atoms with Crippen LogP contribution in [0, 0.1) is 20.8 Å². The van der Waals surface area contributed by atoms with Crippen LogP contribution < -0.4 is 0 Å². The summed E-state index contributed by atoms with van der Waals surface area (Å²) < 4.78 is 0. The molecule has 10 aromatic carbocycles. The van der Waals surface area contributed by atoms with E-state index < -0.39 is 5.41 Å². The van der Waals surface area contributed by atoms with Crippen molar-refractivity contribution in [2.24, 2.45) is 0 Å². The van der Waals surface area contributed by atoms with Crippen molar-refractivity contribution in [3.05, 3.63) is 276 Å². The lowest BCUT2D eigenvalue weighted by atomic mass is 9.66. The van der Waals surface area contributed by atoms with E-state index in [0.717, 1.165) is 0 Å². The van der Waals surface area contributed by atoms with Gasteiger partial charge in [0.2, 0.25) is 0 Å². The van der Waals surface area contributed by atoms with Crippen LogP contribution in [0.15, 0.2) is 237 Å². The molecule has 0 heterocycles. The van der Waals surface area contributed by atoms with Crippen molar-refractivity contribution >= 4 is 0 Å². The zero-order valence-electron chi connectivity index (χ0n) is 36.5. The second-order valence-corrected chi connectivity index (χ2v) is 17.4. The van der Waals surface area contributed by atoms with Gasteiger partial charge < -0.3 is 0 Å². The smallest absolute Gasteiger partial charge is 0.0622 e. The van der Waals surface area contributed by atoms with E-state index in [1.54, 1.807) is 0 Å². The lowest BCUT2D eigenvalue weighted by Gasteiger charge is -2.35. The molecule has 10 aromatic rings. The van der Waals surface area contributed by atoms with Gasteiger partial charge in [-0.25, -0.2) is 0 Å². The summed E-state index contributed by atoms with van der Waals surface area (Å²) in [5.74, 6) is 0. The topological polar surface area (TPSA) is 0 Å². The highest BCUT2D eigenvalue weighted by atomic mass is 14.5. The molecule has 1 aliphatic rings. The molecule has 0 fully saturated rings. The molecule has 0 unspecified atom stereocenters. The zero-order chi connectivity index (χ0) is 43.2. The van der Waals surface area contributed by atoms with Gasteiger partial charge in [0, 0.05) is 0 Å². The maximum atomic E-state index is 2.49. The van der Waals surface area contributed by atoms with Crippen LogP contribution in [0.3, 0.4) is 0 Å². The van der Waals surface area contributed by atoms with E-state index in [4.69, 9.17) is 0 Å². The fourth-order valence-electron chi connectivity index (χ4n) is 10.7. The zero-order valence-corrected chi connectivity index (χ0v) is 36.5. The largest absolute Gasteiger partial charge is 0.0714 e. The number of benzene rings is 10. The lowest BCUT2D eigenvalue weighted by molar-refractivity contribution is 0.769. The van der Waals surface area contributed by atoms with E-state index in [1.165, 1.54) is 117 Å². The molecule has 0 aromatic heterocycles. The summed E-state index contributed by atoms with van der Waals surface area (Å²) >= 11 is 0. The summed E-state index contributed by atoms with van der Waals surface area (Å²) in [6.07, 6.45) is 0. The van der Waals surface area contributed by atoms with Gasteiger partial charge in [0.1, 0.15) is 0 Å². The summed E-state index contributed by atoms with van der Waals surface area (Å²) in [4.78, 5) is 0. The van der Waals surface area contributed by atoms with Crippen LogP contribution >= 0.6 is 0 Å². The highest BCUT2D eigenvalue weighted by Gasteiger charge is 2.47. The minimum absolute atomic E-state index is 0.669. The SMILES string of the molecule is Cc1cc(C)c(-c2cccc3c2-c2ccc(-c4ccccc4)cc2C3(c2cccc(-c3cccc(-c4ccccc4)c3)c2)c2cccc(-c3cccc(-c4ccccc4)c3)c2)c(C)c1. The number of aryl methyl sites for hydroxylation is 3.